The first-order valence-electron chi connectivity index (χ1n) is 5.84. The van der Waals surface area contributed by atoms with Gasteiger partial charge in [-0.3, -0.25) is 4.79 Å². The molecule has 1 rings (SSSR count). The van der Waals surface area contributed by atoms with E-state index in [0.29, 0.717) is 15.7 Å². The van der Waals surface area contributed by atoms with Crippen LogP contribution in [0.4, 0.5) is 5.69 Å². The smallest absolute Gasteiger partial charge is 0.239 e. The molecule has 0 heterocycles. The van der Waals surface area contributed by atoms with Gasteiger partial charge in [-0.1, -0.05) is 30.1 Å². The standard InChI is InChI=1S/C13H18Cl2N2O/c1-4-13(2,3)17-12(18)8-16-11-7-9(14)5-6-10(11)15/h5-7,16H,4,8H2,1-3H3,(H,17,18). The molecule has 0 aromatic heterocycles. The molecule has 1 aromatic carbocycles. The van der Waals surface area contributed by atoms with E-state index in [0.717, 1.165) is 6.42 Å². The Morgan fingerprint density at radius 1 is 1.33 bits per heavy atom. The number of hydrogen-bond acceptors (Lipinski definition) is 2. The number of anilines is 1. The van der Waals surface area contributed by atoms with Crippen LogP contribution in [0.1, 0.15) is 27.2 Å². The first-order valence-corrected chi connectivity index (χ1v) is 6.59. The maximum atomic E-state index is 11.7. The van der Waals surface area contributed by atoms with E-state index in [1.165, 1.54) is 0 Å². The van der Waals surface area contributed by atoms with Crippen LogP contribution in [0.2, 0.25) is 10.0 Å². The zero-order valence-corrected chi connectivity index (χ0v) is 12.3. The fourth-order valence-corrected chi connectivity index (χ4v) is 1.67. The summed E-state index contributed by atoms with van der Waals surface area (Å²) in [4.78, 5) is 11.7. The summed E-state index contributed by atoms with van der Waals surface area (Å²) in [5, 5.41) is 7.03. The quantitative estimate of drug-likeness (QED) is 0.867. The minimum Gasteiger partial charge on any atom is -0.375 e. The molecule has 3 nitrogen and oxygen atoms in total. The Kier molecular flexibility index (Phi) is 5.29. The predicted octanol–water partition coefficient (Wildman–Crippen LogP) is 3.71. The van der Waals surface area contributed by atoms with Crippen molar-refractivity contribution in [2.75, 3.05) is 11.9 Å². The highest BCUT2D eigenvalue weighted by Gasteiger charge is 2.17. The van der Waals surface area contributed by atoms with Gasteiger partial charge in [0, 0.05) is 10.6 Å². The van der Waals surface area contributed by atoms with Crippen molar-refractivity contribution in [1.29, 1.82) is 0 Å². The van der Waals surface area contributed by atoms with Crippen LogP contribution < -0.4 is 10.6 Å². The lowest BCUT2D eigenvalue weighted by Gasteiger charge is -2.24. The van der Waals surface area contributed by atoms with E-state index in [-0.39, 0.29) is 18.0 Å². The molecule has 18 heavy (non-hydrogen) atoms. The van der Waals surface area contributed by atoms with Gasteiger partial charge in [-0.25, -0.2) is 0 Å². The number of hydrogen-bond donors (Lipinski definition) is 2. The second kappa shape index (κ2) is 6.30. The third-order valence-corrected chi connectivity index (χ3v) is 3.29. The Hall–Kier alpha value is -0.930. The van der Waals surface area contributed by atoms with Crippen LogP contribution in [-0.2, 0) is 4.79 Å². The SMILES string of the molecule is CCC(C)(C)NC(=O)CNc1cc(Cl)ccc1Cl. The maximum absolute atomic E-state index is 11.7. The van der Waals surface area contributed by atoms with Crippen LogP contribution in [0.5, 0.6) is 0 Å². The number of benzene rings is 1. The number of amides is 1. The van der Waals surface area contributed by atoms with E-state index >= 15 is 0 Å². The highest BCUT2D eigenvalue weighted by Crippen LogP contribution is 2.25. The van der Waals surface area contributed by atoms with Crippen molar-refractivity contribution in [1.82, 2.24) is 5.32 Å². The van der Waals surface area contributed by atoms with Crippen LogP contribution in [0.3, 0.4) is 0 Å². The molecule has 0 aliphatic heterocycles. The van der Waals surface area contributed by atoms with Gasteiger partial charge in [0.25, 0.3) is 0 Å². The second-order valence-electron chi connectivity index (χ2n) is 4.76. The van der Waals surface area contributed by atoms with Gasteiger partial charge in [-0.2, -0.15) is 0 Å². The summed E-state index contributed by atoms with van der Waals surface area (Å²) in [5.74, 6) is -0.0714. The van der Waals surface area contributed by atoms with E-state index in [9.17, 15) is 4.79 Å². The number of carbonyl (C=O) groups excluding carboxylic acids is 1. The lowest BCUT2D eigenvalue weighted by molar-refractivity contribution is -0.121. The predicted molar refractivity (Wildman–Crippen MR) is 77.5 cm³/mol. The monoisotopic (exact) mass is 288 g/mol. The van der Waals surface area contributed by atoms with Crippen molar-refractivity contribution in [2.45, 2.75) is 32.7 Å². The third-order valence-electron chi connectivity index (χ3n) is 2.73. The Labute approximate surface area is 118 Å². The van der Waals surface area contributed by atoms with E-state index in [2.05, 4.69) is 10.6 Å². The molecular formula is C13H18Cl2N2O. The van der Waals surface area contributed by atoms with Gasteiger partial charge in [0.15, 0.2) is 0 Å². The molecule has 0 fully saturated rings. The number of halogens is 2. The van der Waals surface area contributed by atoms with Gasteiger partial charge in [0.2, 0.25) is 5.91 Å². The molecule has 1 aromatic rings. The molecule has 2 N–H and O–H groups in total. The number of nitrogens with one attached hydrogen (secondary N) is 2. The highest BCUT2D eigenvalue weighted by atomic mass is 35.5. The molecule has 0 aliphatic carbocycles. The first kappa shape index (κ1) is 15.1. The zero-order chi connectivity index (χ0) is 13.8. The molecule has 0 saturated carbocycles. The van der Waals surface area contributed by atoms with Gasteiger partial charge < -0.3 is 10.6 Å². The fraction of sp³-hybridized carbons (Fsp3) is 0.462. The van der Waals surface area contributed by atoms with Crippen LogP contribution >= 0.6 is 23.2 Å². The molecule has 1 amide bonds. The Morgan fingerprint density at radius 2 is 2.00 bits per heavy atom. The lowest BCUT2D eigenvalue weighted by Crippen LogP contribution is -2.45. The Morgan fingerprint density at radius 3 is 2.61 bits per heavy atom. The minimum atomic E-state index is -0.198. The van der Waals surface area contributed by atoms with Crippen molar-refractivity contribution in [2.24, 2.45) is 0 Å². The van der Waals surface area contributed by atoms with Crippen molar-refractivity contribution in [3.05, 3.63) is 28.2 Å². The summed E-state index contributed by atoms with van der Waals surface area (Å²) in [6.45, 7) is 6.17. The fourth-order valence-electron chi connectivity index (χ4n) is 1.32. The number of rotatable bonds is 5. The van der Waals surface area contributed by atoms with Crippen LogP contribution in [-0.4, -0.2) is 18.0 Å². The number of carbonyl (C=O) groups is 1. The van der Waals surface area contributed by atoms with E-state index in [1.807, 2.05) is 20.8 Å². The molecule has 0 atom stereocenters. The summed E-state index contributed by atoms with van der Waals surface area (Å²) in [6, 6.07) is 5.09. The molecule has 0 spiro atoms. The summed E-state index contributed by atoms with van der Waals surface area (Å²) in [5.41, 5.74) is 0.463. The van der Waals surface area contributed by atoms with Gasteiger partial charge in [-0.05, 0) is 38.5 Å². The molecule has 5 heteroatoms. The van der Waals surface area contributed by atoms with Gasteiger partial charge >= 0.3 is 0 Å². The third kappa shape index (κ3) is 4.75. The Balaban J connectivity index is 2.55. The summed E-state index contributed by atoms with van der Waals surface area (Å²) in [7, 11) is 0. The van der Waals surface area contributed by atoms with E-state index in [1.54, 1.807) is 18.2 Å². The maximum Gasteiger partial charge on any atom is 0.239 e. The van der Waals surface area contributed by atoms with Gasteiger partial charge in [0.05, 0.1) is 17.3 Å². The van der Waals surface area contributed by atoms with Crippen molar-refractivity contribution < 1.29 is 4.79 Å². The zero-order valence-electron chi connectivity index (χ0n) is 10.8. The lowest BCUT2D eigenvalue weighted by atomic mass is 10.0. The van der Waals surface area contributed by atoms with Crippen LogP contribution in [0, 0.1) is 0 Å². The molecule has 100 valence electrons. The molecule has 0 radical (unpaired) electrons. The Bertz CT molecular complexity index is 433. The molecule has 0 saturated heterocycles. The van der Waals surface area contributed by atoms with E-state index in [4.69, 9.17) is 23.2 Å². The van der Waals surface area contributed by atoms with Crippen molar-refractivity contribution >= 4 is 34.8 Å². The molecule has 0 aliphatic rings. The normalized spacial score (nSPS) is 11.2. The highest BCUT2D eigenvalue weighted by molar-refractivity contribution is 6.35. The minimum absolute atomic E-state index is 0.0714. The van der Waals surface area contributed by atoms with E-state index < -0.39 is 0 Å². The van der Waals surface area contributed by atoms with Gasteiger partial charge in [-0.15, -0.1) is 0 Å². The average Bonchev–Trinajstić information content (AvgIpc) is 2.30. The van der Waals surface area contributed by atoms with Crippen molar-refractivity contribution in [3.8, 4) is 0 Å². The van der Waals surface area contributed by atoms with Gasteiger partial charge in [0.1, 0.15) is 0 Å². The summed E-state index contributed by atoms with van der Waals surface area (Å²) >= 11 is 11.8. The molecular weight excluding hydrogens is 271 g/mol. The summed E-state index contributed by atoms with van der Waals surface area (Å²) < 4.78 is 0. The van der Waals surface area contributed by atoms with Crippen LogP contribution in [0.25, 0.3) is 0 Å². The largest absolute Gasteiger partial charge is 0.375 e. The van der Waals surface area contributed by atoms with Crippen molar-refractivity contribution in [3.63, 3.8) is 0 Å². The second-order valence-corrected chi connectivity index (χ2v) is 5.61. The average molecular weight is 289 g/mol. The summed E-state index contributed by atoms with van der Waals surface area (Å²) in [6.07, 6.45) is 0.872. The molecule has 0 unspecified atom stereocenters. The topological polar surface area (TPSA) is 41.1 Å². The first-order chi connectivity index (χ1) is 8.34. The van der Waals surface area contributed by atoms with Crippen LogP contribution in [0.15, 0.2) is 18.2 Å². The molecule has 0 bridgehead atoms.